The molecule has 7 nitrogen and oxygen atoms in total. The summed E-state index contributed by atoms with van der Waals surface area (Å²) in [6.45, 7) is 1.73. The molecule has 24 heavy (non-hydrogen) atoms. The standard InChI is InChI=1S/C16H12ClN3O4/c1-10-11(5-4-8-14(10)20(22)23)9-19-15(18-24-16(19)21)12-6-2-3-7-13(12)17/h2-8H,9H2,1H3. The maximum atomic E-state index is 12.0. The van der Waals surface area contributed by atoms with Crippen LogP contribution < -0.4 is 5.76 Å². The van der Waals surface area contributed by atoms with E-state index in [9.17, 15) is 14.9 Å². The first-order valence-corrected chi connectivity index (χ1v) is 7.41. The highest BCUT2D eigenvalue weighted by Crippen LogP contribution is 2.27. The lowest BCUT2D eigenvalue weighted by molar-refractivity contribution is -0.385. The normalized spacial score (nSPS) is 10.8. The SMILES string of the molecule is Cc1c(Cn2c(-c3ccccc3Cl)noc2=O)cccc1[N+](=O)[O-]. The average molecular weight is 346 g/mol. The van der Waals surface area contributed by atoms with Crippen LogP contribution in [0.1, 0.15) is 11.1 Å². The van der Waals surface area contributed by atoms with E-state index >= 15 is 0 Å². The average Bonchev–Trinajstić information content (AvgIpc) is 2.90. The summed E-state index contributed by atoms with van der Waals surface area (Å²) in [5.41, 5.74) is 1.66. The third-order valence-electron chi connectivity index (χ3n) is 3.74. The molecule has 122 valence electrons. The largest absolute Gasteiger partial charge is 0.442 e. The van der Waals surface area contributed by atoms with Gasteiger partial charge < -0.3 is 0 Å². The fourth-order valence-corrected chi connectivity index (χ4v) is 2.67. The number of nitro groups is 1. The van der Waals surface area contributed by atoms with E-state index in [4.69, 9.17) is 16.1 Å². The first kappa shape index (κ1) is 15.9. The molecule has 1 aromatic heterocycles. The highest BCUT2D eigenvalue weighted by Gasteiger charge is 2.19. The number of rotatable bonds is 4. The van der Waals surface area contributed by atoms with Crippen LogP contribution in [0.15, 0.2) is 51.8 Å². The zero-order chi connectivity index (χ0) is 17.3. The summed E-state index contributed by atoms with van der Waals surface area (Å²) in [6, 6.07) is 11.6. The number of nitrogens with zero attached hydrogens (tertiary/aromatic N) is 3. The molecule has 0 spiro atoms. The molecular formula is C16H12ClN3O4. The van der Waals surface area contributed by atoms with Gasteiger partial charge in [-0.2, -0.15) is 0 Å². The second-order valence-corrected chi connectivity index (χ2v) is 5.56. The molecule has 0 atom stereocenters. The first-order chi connectivity index (χ1) is 11.5. The third kappa shape index (κ3) is 2.81. The van der Waals surface area contributed by atoms with Gasteiger partial charge in [-0.3, -0.25) is 19.2 Å². The second-order valence-electron chi connectivity index (χ2n) is 5.16. The van der Waals surface area contributed by atoms with Gasteiger partial charge in [0.05, 0.1) is 16.5 Å². The Hall–Kier alpha value is -2.93. The molecule has 2 aromatic carbocycles. The summed E-state index contributed by atoms with van der Waals surface area (Å²) in [7, 11) is 0. The van der Waals surface area contributed by atoms with Crippen LogP contribution in [-0.4, -0.2) is 14.6 Å². The van der Waals surface area contributed by atoms with Crippen LogP contribution in [0.3, 0.4) is 0 Å². The van der Waals surface area contributed by atoms with Gasteiger partial charge in [0.1, 0.15) is 0 Å². The summed E-state index contributed by atoms with van der Waals surface area (Å²) in [4.78, 5) is 22.6. The Morgan fingerprint density at radius 2 is 2.00 bits per heavy atom. The Balaban J connectivity index is 2.09. The molecule has 0 unspecified atom stereocenters. The van der Waals surface area contributed by atoms with Crippen molar-refractivity contribution in [2.75, 3.05) is 0 Å². The van der Waals surface area contributed by atoms with Gasteiger partial charge in [-0.15, -0.1) is 0 Å². The number of hydrogen-bond acceptors (Lipinski definition) is 5. The molecular weight excluding hydrogens is 334 g/mol. The van der Waals surface area contributed by atoms with Gasteiger partial charge >= 0.3 is 5.76 Å². The molecule has 3 rings (SSSR count). The minimum atomic E-state index is -0.657. The van der Waals surface area contributed by atoms with Crippen molar-refractivity contribution >= 4 is 17.3 Å². The van der Waals surface area contributed by atoms with E-state index in [0.29, 0.717) is 21.7 Å². The summed E-state index contributed by atoms with van der Waals surface area (Å²) >= 11 is 6.15. The van der Waals surface area contributed by atoms with Gasteiger partial charge in [-0.1, -0.05) is 41.0 Å². The van der Waals surface area contributed by atoms with E-state index in [1.807, 2.05) is 0 Å². The van der Waals surface area contributed by atoms with E-state index in [2.05, 4.69) is 5.16 Å². The topological polar surface area (TPSA) is 91.2 Å². The summed E-state index contributed by atoms with van der Waals surface area (Å²) in [6.07, 6.45) is 0. The molecule has 0 fully saturated rings. The zero-order valence-electron chi connectivity index (χ0n) is 12.6. The van der Waals surface area contributed by atoms with E-state index < -0.39 is 10.7 Å². The molecule has 1 heterocycles. The Morgan fingerprint density at radius 3 is 2.71 bits per heavy atom. The quantitative estimate of drug-likeness (QED) is 0.533. The minimum Gasteiger partial charge on any atom is -0.295 e. The van der Waals surface area contributed by atoms with E-state index in [0.717, 1.165) is 0 Å². The molecule has 0 saturated carbocycles. The summed E-state index contributed by atoms with van der Waals surface area (Å²) in [5, 5.41) is 15.3. The highest BCUT2D eigenvalue weighted by molar-refractivity contribution is 6.33. The van der Waals surface area contributed by atoms with Crippen molar-refractivity contribution in [1.82, 2.24) is 9.72 Å². The fraction of sp³-hybridized carbons (Fsp3) is 0.125. The monoisotopic (exact) mass is 345 g/mol. The number of benzene rings is 2. The van der Waals surface area contributed by atoms with Gasteiger partial charge in [0.15, 0.2) is 5.82 Å². The van der Waals surface area contributed by atoms with Gasteiger partial charge in [0, 0.05) is 17.2 Å². The molecule has 0 aliphatic carbocycles. The Labute approximate surface area is 141 Å². The molecule has 0 amide bonds. The number of aromatic nitrogens is 2. The molecule has 0 radical (unpaired) electrons. The van der Waals surface area contributed by atoms with Crippen LogP contribution in [0.2, 0.25) is 5.02 Å². The zero-order valence-corrected chi connectivity index (χ0v) is 13.4. The van der Waals surface area contributed by atoms with Crippen LogP contribution in [0.25, 0.3) is 11.4 Å². The lowest BCUT2D eigenvalue weighted by atomic mass is 10.1. The molecule has 8 heteroatoms. The number of halogens is 1. The number of nitro benzene ring substituents is 1. The Bertz CT molecular complexity index is 977. The molecule has 0 N–H and O–H groups in total. The summed E-state index contributed by atoms with van der Waals surface area (Å²) in [5.74, 6) is -0.382. The number of hydrogen-bond donors (Lipinski definition) is 0. The van der Waals surface area contributed by atoms with Crippen LogP contribution in [0, 0.1) is 17.0 Å². The van der Waals surface area contributed by atoms with E-state index in [1.54, 1.807) is 43.3 Å². The third-order valence-corrected chi connectivity index (χ3v) is 4.07. The maximum absolute atomic E-state index is 12.0. The maximum Gasteiger partial charge on any atom is 0.442 e. The highest BCUT2D eigenvalue weighted by atomic mass is 35.5. The fourth-order valence-electron chi connectivity index (χ4n) is 2.45. The van der Waals surface area contributed by atoms with Crippen molar-refractivity contribution in [2.24, 2.45) is 0 Å². The van der Waals surface area contributed by atoms with Crippen LogP contribution in [0.4, 0.5) is 5.69 Å². The van der Waals surface area contributed by atoms with Crippen LogP contribution in [0.5, 0.6) is 0 Å². The molecule has 3 aromatic rings. The van der Waals surface area contributed by atoms with Gasteiger partial charge in [0.25, 0.3) is 5.69 Å². The molecule has 0 saturated heterocycles. The van der Waals surface area contributed by atoms with Crippen LogP contribution >= 0.6 is 11.6 Å². The van der Waals surface area contributed by atoms with Crippen molar-refractivity contribution in [3.8, 4) is 11.4 Å². The van der Waals surface area contributed by atoms with Crippen molar-refractivity contribution in [3.63, 3.8) is 0 Å². The minimum absolute atomic E-state index is 0.00343. The lowest BCUT2D eigenvalue weighted by Crippen LogP contribution is -2.17. The molecule has 0 aliphatic rings. The van der Waals surface area contributed by atoms with Crippen molar-refractivity contribution < 1.29 is 9.45 Å². The first-order valence-electron chi connectivity index (χ1n) is 7.03. The Morgan fingerprint density at radius 1 is 1.25 bits per heavy atom. The predicted molar refractivity (Wildman–Crippen MR) is 88.1 cm³/mol. The van der Waals surface area contributed by atoms with Crippen LogP contribution in [-0.2, 0) is 6.54 Å². The van der Waals surface area contributed by atoms with Gasteiger partial charge in [-0.25, -0.2) is 4.79 Å². The predicted octanol–water partition coefficient (Wildman–Crippen LogP) is 3.42. The van der Waals surface area contributed by atoms with Crippen molar-refractivity contribution in [3.05, 3.63) is 79.3 Å². The van der Waals surface area contributed by atoms with E-state index in [-0.39, 0.29) is 18.1 Å². The van der Waals surface area contributed by atoms with Crippen molar-refractivity contribution in [1.29, 1.82) is 0 Å². The second kappa shape index (κ2) is 6.29. The van der Waals surface area contributed by atoms with Gasteiger partial charge in [0.2, 0.25) is 0 Å². The molecule has 0 aliphatic heterocycles. The smallest absolute Gasteiger partial charge is 0.295 e. The summed E-state index contributed by atoms with van der Waals surface area (Å²) < 4.78 is 6.06. The molecule has 0 bridgehead atoms. The van der Waals surface area contributed by atoms with E-state index in [1.165, 1.54) is 10.6 Å². The Kier molecular flexibility index (Phi) is 4.18. The lowest BCUT2D eigenvalue weighted by Gasteiger charge is -2.08. The van der Waals surface area contributed by atoms with Crippen molar-refractivity contribution in [2.45, 2.75) is 13.5 Å². The van der Waals surface area contributed by atoms with Gasteiger partial charge in [-0.05, 0) is 24.6 Å².